The van der Waals surface area contributed by atoms with Crippen LogP contribution in [-0.4, -0.2) is 15.7 Å². The first-order valence-electron chi connectivity index (χ1n) is 7.13. The van der Waals surface area contributed by atoms with E-state index in [-0.39, 0.29) is 5.76 Å². The molecule has 3 N–H and O–H groups in total. The van der Waals surface area contributed by atoms with Crippen molar-refractivity contribution in [2.45, 2.75) is 33.2 Å². The van der Waals surface area contributed by atoms with E-state index in [9.17, 15) is 5.11 Å². The zero-order valence-corrected chi connectivity index (χ0v) is 13.3. The summed E-state index contributed by atoms with van der Waals surface area (Å²) in [6.45, 7) is 9.53. The highest BCUT2D eigenvalue weighted by atomic mass is 16.3. The molecular weight excluding hydrogens is 260 g/mol. The number of aryl methyl sites for hydroxylation is 1. The molecule has 0 spiro atoms. The van der Waals surface area contributed by atoms with Gasteiger partial charge < -0.3 is 15.4 Å². The van der Waals surface area contributed by atoms with Crippen LogP contribution in [0.15, 0.2) is 30.5 Å². The van der Waals surface area contributed by atoms with Crippen molar-refractivity contribution in [2.75, 3.05) is 0 Å². The number of fused-ring (bicyclic) bond motifs is 1. The van der Waals surface area contributed by atoms with Crippen LogP contribution in [0.3, 0.4) is 0 Å². The van der Waals surface area contributed by atoms with Gasteiger partial charge in [0.1, 0.15) is 5.76 Å². The summed E-state index contributed by atoms with van der Waals surface area (Å²) in [5.74, 6) is 2.65. The third-order valence-corrected chi connectivity index (χ3v) is 3.64. The van der Waals surface area contributed by atoms with Crippen molar-refractivity contribution in [1.29, 1.82) is 0 Å². The Bertz CT molecular complexity index is 689. The topological polar surface area (TPSA) is 51.2 Å². The molecule has 2 aromatic rings. The van der Waals surface area contributed by atoms with Crippen molar-refractivity contribution in [1.82, 2.24) is 4.57 Å². The Balaban J connectivity index is 0.00000106. The Morgan fingerprint density at radius 2 is 2.10 bits per heavy atom. The summed E-state index contributed by atoms with van der Waals surface area (Å²) in [6, 6.07) is 5.48. The lowest BCUT2D eigenvalue weighted by molar-refractivity contribution is 0.368. The molecule has 0 radical (unpaired) electrons. The van der Waals surface area contributed by atoms with Crippen LogP contribution < -0.4 is 5.73 Å². The number of aromatic nitrogens is 1. The molecule has 1 aromatic carbocycles. The minimum atomic E-state index is -0.448. The van der Waals surface area contributed by atoms with Crippen molar-refractivity contribution < 1.29 is 5.11 Å². The molecule has 0 saturated heterocycles. The van der Waals surface area contributed by atoms with Crippen molar-refractivity contribution >= 4 is 10.9 Å². The van der Waals surface area contributed by atoms with Gasteiger partial charge in [-0.3, -0.25) is 0 Å². The molecule has 0 saturated carbocycles. The molecule has 1 atom stereocenters. The number of nitrogens with zero attached hydrogens (tertiary/aromatic N) is 1. The molecule has 21 heavy (non-hydrogen) atoms. The predicted octanol–water partition coefficient (Wildman–Crippen LogP) is 3.44. The monoisotopic (exact) mass is 284 g/mol. The lowest BCUT2D eigenvalue weighted by Crippen LogP contribution is -2.25. The zero-order valence-electron chi connectivity index (χ0n) is 13.3. The van der Waals surface area contributed by atoms with E-state index in [0.717, 1.165) is 27.7 Å². The number of hydrogen-bond acceptors (Lipinski definition) is 2. The van der Waals surface area contributed by atoms with Gasteiger partial charge in [-0.05, 0) is 31.0 Å². The number of terminal acetylenes is 1. The number of aliphatic hydroxyl groups is 1. The Labute approximate surface area is 127 Å². The maximum absolute atomic E-state index is 9.38. The summed E-state index contributed by atoms with van der Waals surface area (Å²) < 4.78 is 2.10. The van der Waals surface area contributed by atoms with Crippen LogP contribution in [0.4, 0.5) is 0 Å². The fourth-order valence-corrected chi connectivity index (χ4v) is 2.33. The van der Waals surface area contributed by atoms with Crippen molar-refractivity contribution in [2.24, 2.45) is 12.8 Å². The second-order valence-corrected chi connectivity index (χ2v) is 4.80. The van der Waals surface area contributed by atoms with Gasteiger partial charge in [-0.25, -0.2) is 0 Å². The fourth-order valence-electron chi connectivity index (χ4n) is 2.33. The number of aliphatic hydroxyl groups excluding tert-OH is 1. The number of nitrogens with two attached hydrogens (primary N) is 1. The highest BCUT2D eigenvalue weighted by Gasteiger charge is 2.16. The first-order chi connectivity index (χ1) is 9.95. The van der Waals surface area contributed by atoms with Crippen LogP contribution >= 0.6 is 0 Å². The second kappa shape index (κ2) is 7.01. The highest BCUT2D eigenvalue weighted by Crippen LogP contribution is 2.27. The lowest BCUT2D eigenvalue weighted by Gasteiger charge is -2.10. The molecule has 0 bridgehead atoms. The SMILES string of the molecule is C#Cc1ccc2c(CC(N)C(=C)O)c(C)n(C)c2c1.CC. The molecule has 0 aliphatic carbocycles. The zero-order chi connectivity index (χ0) is 16.2. The molecule has 1 unspecified atom stereocenters. The lowest BCUT2D eigenvalue weighted by atomic mass is 10.0. The molecule has 0 amide bonds. The summed E-state index contributed by atoms with van der Waals surface area (Å²) in [6.07, 6.45) is 6.00. The number of rotatable bonds is 3. The quantitative estimate of drug-likeness (QED) is 0.670. The van der Waals surface area contributed by atoms with Gasteiger partial charge in [-0.15, -0.1) is 6.42 Å². The molecule has 0 fully saturated rings. The van der Waals surface area contributed by atoms with Gasteiger partial charge in [0.15, 0.2) is 0 Å². The van der Waals surface area contributed by atoms with Gasteiger partial charge in [0, 0.05) is 29.2 Å². The van der Waals surface area contributed by atoms with E-state index in [1.54, 1.807) is 0 Å². The van der Waals surface area contributed by atoms with Gasteiger partial charge >= 0.3 is 0 Å². The molecule has 112 valence electrons. The van der Waals surface area contributed by atoms with Crippen LogP contribution in [0.25, 0.3) is 10.9 Å². The number of hydrogen-bond donors (Lipinski definition) is 2. The fraction of sp³-hybridized carbons (Fsp3) is 0.333. The summed E-state index contributed by atoms with van der Waals surface area (Å²) in [4.78, 5) is 0. The number of benzene rings is 1. The van der Waals surface area contributed by atoms with Gasteiger partial charge in [0.05, 0.1) is 6.04 Å². The second-order valence-electron chi connectivity index (χ2n) is 4.80. The molecule has 0 aliphatic rings. The van der Waals surface area contributed by atoms with E-state index in [4.69, 9.17) is 12.2 Å². The van der Waals surface area contributed by atoms with Gasteiger partial charge in [-0.2, -0.15) is 0 Å². The van der Waals surface area contributed by atoms with Gasteiger partial charge in [-0.1, -0.05) is 32.4 Å². The highest BCUT2D eigenvalue weighted by molar-refractivity contribution is 5.86. The maximum atomic E-state index is 9.38. The molecule has 3 nitrogen and oxygen atoms in total. The normalized spacial score (nSPS) is 11.4. The smallest absolute Gasteiger partial charge is 0.102 e. The minimum Gasteiger partial charge on any atom is -0.511 e. The largest absolute Gasteiger partial charge is 0.511 e. The third kappa shape index (κ3) is 3.29. The van der Waals surface area contributed by atoms with Crippen molar-refractivity contribution in [3.63, 3.8) is 0 Å². The Hall–Kier alpha value is -2.18. The molecule has 1 heterocycles. The molecular formula is C18H24N2O. The Morgan fingerprint density at radius 3 is 2.62 bits per heavy atom. The van der Waals surface area contributed by atoms with Crippen LogP contribution in [0.2, 0.25) is 0 Å². The summed E-state index contributed by atoms with van der Waals surface area (Å²) in [7, 11) is 2.00. The summed E-state index contributed by atoms with van der Waals surface area (Å²) >= 11 is 0. The van der Waals surface area contributed by atoms with E-state index in [1.807, 2.05) is 46.0 Å². The van der Waals surface area contributed by atoms with Crippen molar-refractivity contribution in [3.8, 4) is 12.3 Å². The standard InChI is InChI=1S/C16H18N2O.C2H6/c1-5-12-6-7-13-14(9-15(17)11(3)19)10(2)18(4)16(13)8-12;1-2/h1,6-8,15,19H,3,9,17H2,2,4H3;1-2H3. The van der Waals surface area contributed by atoms with Gasteiger partial charge in [0.2, 0.25) is 0 Å². The molecule has 1 aromatic heterocycles. The van der Waals surface area contributed by atoms with E-state index < -0.39 is 6.04 Å². The Morgan fingerprint density at radius 1 is 1.48 bits per heavy atom. The molecule has 3 heteroatoms. The minimum absolute atomic E-state index is 0.0108. The average Bonchev–Trinajstić information content (AvgIpc) is 2.73. The van der Waals surface area contributed by atoms with Crippen molar-refractivity contribution in [3.05, 3.63) is 47.4 Å². The summed E-state index contributed by atoms with van der Waals surface area (Å²) in [5.41, 5.74) is 10.1. The Kier molecular flexibility index (Phi) is 5.63. The van der Waals surface area contributed by atoms with Crippen LogP contribution in [-0.2, 0) is 13.5 Å². The first-order valence-corrected chi connectivity index (χ1v) is 7.13. The van der Waals surface area contributed by atoms with E-state index in [0.29, 0.717) is 6.42 Å². The van der Waals surface area contributed by atoms with E-state index >= 15 is 0 Å². The van der Waals surface area contributed by atoms with Crippen LogP contribution in [0.5, 0.6) is 0 Å². The third-order valence-electron chi connectivity index (χ3n) is 3.64. The van der Waals surface area contributed by atoms with Gasteiger partial charge in [0.25, 0.3) is 0 Å². The predicted molar refractivity (Wildman–Crippen MR) is 90.4 cm³/mol. The maximum Gasteiger partial charge on any atom is 0.102 e. The first kappa shape index (κ1) is 16.9. The summed E-state index contributed by atoms with van der Waals surface area (Å²) in [5, 5.41) is 10.5. The molecule has 2 rings (SSSR count). The van der Waals surface area contributed by atoms with Crippen LogP contribution in [0.1, 0.15) is 30.7 Å². The van der Waals surface area contributed by atoms with Crippen LogP contribution in [0, 0.1) is 19.3 Å². The van der Waals surface area contributed by atoms with E-state index in [1.165, 1.54) is 0 Å². The van der Waals surface area contributed by atoms with E-state index in [2.05, 4.69) is 17.1 Å². The molecule has 0 aliphatic heterocycles. The average molecular weight is 284 g/mol.